The summed E-state index contributed by atoms with van der Waals surface area (Å²) >= 11 is 0. The lowest BCUT2D eigenvalue weighted by Gasteiger charge is -2.33. The van der Waals surface area contributed by atoms with Crippen LogP contribution in [-0.4, -0.2) is 22.4 Å². The molecule has 1 rings (SSSR count). The summed E-state index contributed by atoms with van der Waals surface area (Å²) in [6.45, 7) is 4.26. The van der Waals surface area contributed by atoms with Crippen LogP contribution < -0.4 is 0 Å². The van der Waals surface area contributed by atoms with E-state index in [-0.39, 0.29) is 12.2 Å². The van der Waals surface area contributed by atoms with Crippen LogP contribution in [-0.2, 0) is 0 Å². The second kappa shape index (κ2) is 3.55. The Morgan fingerprint density at radius 1 is 1.18 bits per heavy atom. The quantitative estimate of drug-likeness (QED) is 0.601. The minimum Gasteiger partial charge on any atom is -0.393 e. The summed E-state index contributed by atoms with van der Waals surface area (Å²) < 4.78 is 0. The van der Waals surface area contributed by atoms with Gasteiger partial charge >= 0.3 is 0 Å². The Morgan fingerprint density at radius 2 is 1.82 bits per heavy atom. The maximum atomic E-state index is 9.55. The van der Waals surface area contributed by atoms with Crippen LogP contribution in [0.4, 0.5) is 0 Å². The Hall–Kier alpha value is -0.0800. The van der Waals surface area contributed by atoms with Gasteiger partial charge in [-0.05, 0) is 31.1 Å². The highest BCUT2D eigenvalue weighted by molar-refractivity contribution is 4.80. The zero-order valence-electron chi connectivity index (χ0n) is 7.33. The average molecular weight is 158 g/mol. The fourth-order valence-corrected chi connectivity index (χ4v) is 1.93. The summed E-state index contributed by atoms with van der Waals surface area (Å²) in [6, 6.07) is 0. The van der Waals surface area contributed by atoms with Crippen LogP contribution in [0.1, 0.15) is 33.1 Å². The van der Waals surface area contributed by atoms with Gasteiger partial charge in [-0.3, -0.25) is 0 Å². The van der Waals surface area contributed by atoms with Crippen molar-refractivity contribution in [1.29, 1.82) is 0 Å². The van der Waals surface area contributed by atoms with Gasteiger partial charge in [-0.1, -0.05) is 13.8 Å². The van der Waals surface area contributed by atoms with E-state index in [4.69, 9.17) is 0 Å². The summed E-state index contributed by atoms with van der Waals surface area (Å²) in [5.74, 6) is 0.941. The monoisotopic (exact) mass is 158 g/mol. The Balaban J connectivity index is 2.44. The lowest BCUT2D eigenvalue weighted by Crippen LogP contribution is -2.34. The molecule has 2 N–H and O–H groups in total. The van der Waals surface area contributed by atoms with Crippen LogP contribution in [0, 0.1) is 11.8 Å². The molecule has 0 aromatic carbocycles. The molecule has 1 aliphatic rings. The maximum absolute atomic E-state index is 9.55. The molecule has 3 unspecified atom stereocenters. The summed E-state index contributed by atoms with van der Waals surface area (Å²) in [4.78, 5) is 0. The Bertz CT molecular complexity index is 123. The Labute approximate surface area is 68.2 Å². The highest BCUT2D eigenvalue weighted by atomic mass is 16.3. The molecule has 0 aliphatic heterocycles. The molecule has 1 aliphatic carbocycles. The van der Waals surface area contributed by atoms with Crippen LogP contribution >= 0.6 is 0 Å². The molecule has 0 amide bonds. The second-order valence-electron chi connectivity index (χ2n) is 3.94. The molecule has 1 fully saturated rings. The van der Waals surface area contributed by atoms with Crippen LogP contribution in [0.25, 0.3) is 0 Å². The minimum atomic E-state index is -0.279. The predicted molar refractivity (Wildman–Crippen MR) is 44.2 cm³/mol. The molecular formula is C9H18O2. The van der Waals surface area contributed by atoms with Crippen molar-refractivity contribution in [3.05, 3.63) is 0 Å². The van der Waals surface area contributed by atoms with Gasteiger partial charge in [-0.25, -0.2) is 0 Å². The minimum absolute atomic E-state index is 0.264. The zero-order valence-corrected chi connectivity index (χ0v) is 7.33. The molecule has 0 aromatic heterocycles. The van der Waals surface area contributed by atoms with Crippen molar-refractivity contribution in [3.63, 3.8) is 0 Å². The number of hydrogen-bond acceptors (Lipinski definition) is 2. The number of hydrogen-bond donors (Lipinski definition) is 2. The number of rotatable bonds is 1. The van der Waals surface area contributed by atoms with Gasteiger partial charge in [0.1, 0.15) is 0 Å². The molecule has 3 atom stereocenters. The van der Waals surface area contributed by atoms with Crippen molar-refractivity contribution >= 4 is 0 Å². The smallest absolute Gasteiger partial charge is 0.0595 e. The van der Waals surface area contributed by atoms with Gasteiger partial charge in [0.05, 0.1) is 12.2 Å². The molecule has 1 saturated carbocycles. The van der Waals surface area contributed by atoms with E-state index in [1.54, 1.807) is 0 Å². The number of aliphatic hydroxyl groups excluding tert-OH is 2. The topological polar surface area (TPSA) is 40.5 Å². The van der Waals surface area contributed by atoms with Crippen molar-refractivity contribution in [2.24, 2.45) is 11.8 Å². The van der Waals surface area contributed by atoms with Gasteiger partial charge in [0.25, 0.3) is 0 Å². The van der Waals surface area contributed by atoms with E-state index < -0.39 is 0 Å². The first-order valence-corrected chi connectivity index (χ1v) is 4.47. The van der Waals surface area contributed by atoms with Crippen molar-refractivity contribution in [2.45, 2.75) is 45.3 Å². The predicted octanol–water partition coefficient (Wildman–Crippen LogP) is 1.16. The van der Waals surface area contributed by atoms with Crippen LogP contribution in [0.15, 0.2) is 0 Å². The summed E-state index contributed by atoms with van der Waals surface area (Å²) in [5, 5.41) is 18.8. The third-order valence-corrected chi connectivity index (χ3v) is 2.70. The van der Waals surface area contributed by atoms with E-state index in [9.17, 15) is 10.2 Å². The molecule has 2 heteroatoms. The number of aliphatic hydroxyl groups is 2. The van der Waals surface area contributed by atoms with Crippen molar-refractivity contribution in [3.8, 4) is 0 Å². The Kier molecular flexibility index (Phi) is 2.90. The molecule has 0 saturated heterocycles. The van der Waals surface area contributed by atoms with Crippen LogP contribution in [0.3, 0.4) is 0 Å². The molecule has 0 spiro atoms. The van der Waals surface area contributed by atoms with Gasteiger partial charge in [-0.2, -0.15) is 0 Å². The van der Waals surface area contributed by atoms with Gasteiger partial charge in [-0.15, -0.1) is 0 Å². The van der Waals surface area contributed by atoms with Crippen LogP contribution in [0.5, 0.6) is 0 Å². The maximum Gasteiger partial charge on any atom is 0.0595 e. The molecule has 2 nitrogen and oxygen atoms in total. The fourth-order valence-electron chi connectivity index (χ4n) is 1.93. The van der Waals surface area contributed by atoms with E-state index in [1.165, 1.54) is 0 Å². The standard InChI is InChI=1S/C9H18O2/c1-6(2)8-4-3-7(10)5-9(8)11/h6-11H,3-5H2,1-2H3. The molecule has 0 radical (unpaired) electrons. The largest absolute Gasteiger partial charge is 0.393 e. The van der Waals surface area contributed by atoms with Gasteiger partial charge in [0, 0.05) is 0 Å². The average Bonchev–Trinajstić information content (AvgIpc) is 1.85. The lowest BCUT2D eigenvalue weighted by atomic mass is 9.78. The van der Waals surface area contributed by atoms with Crippen molar-refractivity contribution in [1.82, 2.24) is 0 Å². The van der Waals surface area contributed by atoms with Gasteiger partial charge < -0.3 is 10.2 Å². The fraction of sp³-hybridized carbons (Fsp3) is 1.00. The zero-order chi connectivity index (χ0) is 8.43. The van der Waals surface area contributed by atoms with Gasteiger partial charge in [0.15, 0.2) is 0 Å². The van der Waals surface area contributed by atoms with Crippen LogP contribution in [0.2, 0.25) is 0 Å². The van der Waals surface area contributed by atoms with Crippen molar-refractivity contribution in [2.75, 3.05) is 0 Å². The Morgan fingerprint density at radius 3 is 2.27 bits per heavy atom. The van der Waals surface area contributed by atoms with E-state index in [0.717, 1.165) is 12.8 Å². The third kappa shape index (κ3) is 2.17. The van der Waals surface area contributed by atoms with Crippen molar-refractivity contribution < 1.29 is 10.2 Å². The van der Waals surface area contributed by atoms with Gasteiger partial charge in [0.2, 0.25) is 0 Å². The molecule has 11 heavy (non-hydrogen) atoms. The molecular weight excluding hydrogens is 140 g/mol. The molecule has 0 heterocycles. The molecule has 0 aromatic rings. The summed E-state index contributed by atoms with van der Waals surface area (Å²) in [6.07, 6.45) is 1.86. The summed E-state index contributed by atoms with van der Waals surface area (Å²) in [5.41, 5.74) is 0. The first-order chi connectivity index (χ1) is 5.11. The highest BCUT2D eigenvalue weighted by Gasteiger charge is 2.29. The first kappa shape index (κ1) is 9.01. The lowest BCUT2D eigenvalue weighted by molar-refractivity contribution is -0.0142. The SMILES string of the molecule is CC(C)C1CCC(O)CC1O. The van der Waals surface area contributed by atoms with E-state index in [0.29, 0.717) is 18.3 Å². The van der Waals surface area contributed by atoms with E-state index in [2.05, 4.69) is 13.8 Å². The molecule has 66 valence electrons. The second-order valence-corrected chi connectivity index (χ2v) is 3.94. The summed E-state index contributed by atoms with van der Waals surface area (Å²) in [7, 11) is 0. The third-order valence-electron chi connectivity index (χ3n) is 2.70. The van der Waals surface area contributed by atoms with E-state index in [1.807, 2.05) is 0 Å². The highest BCUT2D eigenvalue weighted by Crippen LogP contribution is 2.30. The molecule has 0 bridgehead atoms. The normalized spacial score (nSPS) is 39.5. The first-order valence-electron chi connectivity index (χ1n) is 4.47. The van der Waals surface area contributed by atoms with E-state index >= 15 is 0 Å².